The van der Waals surface area contributed by atoms with Gasteiger partial charge in [-0.25, -0.2) is 0 Å². The van der Waals surface area contributed by atoms with E-state index in [0.29, 0.717) is 11.8 Å². The molecular weight excluding hydrogens is 280 g/mol. The Bertz CT molecular complexity index is 581. The smallest absolute Gasteiger partial charge is 0.237 e. The summed E-state index contributed by atoms with van der Waals surface area (Å²) < 4.78 is 0. The molecule has 2 unspecified atom stereocenters. The highest BCUT2D eigenvalue weighted by molar-refractivity contribution is 5.83. The van der Waals surface area contributed by atoms with Gasteiger partial charge < -0.3 is 10.6 Å². The Kier molecular flexibility index (Phi) is 2.52. The number of aromatic nitrogens is 4. The summed E-state index contributed by atoms with van der Waals surface area (Å²) in [6, 6.07) is 0.0217. The summed E-state index contributed by atoms with van der Waals surface area (Å²) in [6.45, 7) is 0.961. The first-order valence-electron chi connectivity index (χ1n) is 8.45. The molecule has 7 heteroatoms. The monoisotopic (exact) mass is 302 g/mol. The Morgan fingerprint density at radius 1 is 1.27 bits per heavy atom. The van der Waals surface area contributed by atoms with Crippen LogP contribution in [0, 0.1) is 11.8 Å². The molecule has 4 aliphatic carbocycles. The molecule has 0 spiro atoms. The second-order valence-corrected chi connectivity index (χ2v) is 7.98. The molecule has 1 aromatic rings. The van der Waals surface area contributed by atoms with Gasteiger partial charge in [-0.15, -0.1) is 10.2 Å². The summed E-state index contributed by atoms with van der Waals surface area (Å²) >= 11 is 0. The van der Waals surface area contributed by atoms with E-state index >= 15 is 0 Å². The minimum Gasteiger partial charge on any atom is -0.349 e. The molecule has 7 nitrogen and oxygen atoms in total. The van der Waals surface area contributed by atoms with Crippen LogP contribution in [-0.2, 0) is 10.3 Å². The Balaban J connectivity index is 1.45. The Morgan fingerprint density at radius 3 is 2.64 bits per heavy atom. The lowest BCUT2D eigenvalue weighted by atomic mass is 9.50. The van der Waals surface area contributed by atoms with Gasteiger partial charge in [0, 0.05) is 5.54 Å². The number of hydrogen-bond donors (Lipinski definition) is 2. The summed E-state index contributed by atoms with van der Waals surface area (Å²) in [4.78, 5) is 14.3. The van der Waals surface area contributed by atoms with Crippen molar-refractivity contribution in [3.63, 3.8) is 0 Å². The van der Waals surface area contributed by atoms with Crippen molar-refractivity contribution in [2.75, 3.05) is 6.54 Å². The van der Waals surface area contributed by atoms with Crippen molar-refractivity contribution in [3.05, 3.63) is 6.33 Å². The van der Waals surface area contributed by atoms with Crippen LogP contribution in [0.2, 0.25) is 0 Å². The zero-order chi connectivity index (χ0) is 14.8. The average molecular weight is 302 g/mol. The lowest BCUT2D eigenvalue weighted by Crippen LogP contribution is -2.68. The van der Waals surface area contributed by atoms with Crippen LogP contribution >= 0.6 is 0 Å². The maximum absolute atomic E-state index is 12.5. The van der Waals surface area contributed by atoms with E-state index in [1.165, 1.54) is 12.7 Å². The number of tetrazole rings is 1. The molecule has 5 fully saturated rings. The van der Waals surface area contributed by atoms with Crippen LogP contribution in [0.5, 0.6) is 0 Å². The first-order valence-corrected chi connectivity index (χ1v) is 8.45. The number of carbonyl (C=O) groups is 1. The van der Waals surface area contributed by atoms with Crippen LogP contribution in [0.4, 0.5) is 0 Å². The fraction of sp³-hybridized carbons (Fsp3) is 0.867. The highest BCUT2D eigenvalue weighted by atomic mass is 16.2. The van der Waals surface area contributed by atoms with Crippen LogP contribution in [0.3, 0.4) is 0 Å². The lowest BCUT2D eigenvalue weighted by molar-refractivity contribution is -0.134. The Hall–Kier alpha value is -1.50. The quantitative estimate of drug-likeness (QED) is 0.833. The molecule has 4 saturated carbocycles. The number of nitrogens with zero attached hydrogens (tertiary/aromatic N) is 4. The molecule has 1 aliphatic heterocycles. The van der Waals surface area contributed by atoms with Gasteiger partial charge in [0.15, 0.2) is 6.33 Å². The maximum atomic E-state index is 12.5. The van der Waals surface area contributed by atoms with Crippen molar-refractivity contribution in [1.29, 1.82) is 0 Å². The number of nitrogens with one attached hydrogen (secondary N) is 2. The van der Waals surface area contributed by atoms with Crippen molar-refractivity contribution < 1.29 is 4.79 Å². The van der Waals surface area contributed by atoms with E-state index in [-0.39, 0.29) is 23.0 Å². The lowest BCUT2D eigenvalue weighted by Gasteiger charge is -2.61. The van der Waals surface area contributed by atoms with Crippen molar-refractivity contribution in [3.8, 4) is 0 Å². The van der Waals surface area contributed by atoms with E-state index in [1.807, 2.05) is 4.80 Å². The number of hydrogen-bond acceptors (Lipinski definition) is 5. The molecule has 1 saturated heterocycles. The second kappa shape index (κ2) is 4.28. The number of rotatable bonds is 3. The van der Waals surface area contributed by atoms with E-state index in [0.717, 1.165) is 45.1 Å². The van der Waals surface area contributed by atoms with Gasteiger partial charge in [0.2, 0.25) is 5.91 Å². The topological polar surface area (TPSA) is 84.7 Å². The Labute approximate surface area is 129 Å². The first kappa shape index (κ1) is 13.0. The number of carbonyl (C=O) groups excluding carboxylic acids is 1. The minimum atomic E-state index is -0.0495. The van der Waals surface area contributed by atoms with Crippen molar-refractivity contribution in [2.24, 2.45) is 11.8 Å². The number of amides is 1. The highest BCUT2D eigenvalue weighted by Crippen LogP contribution is 2.60. The van der Waals surface area contributed by atoms with Crippen LogP contribution in [0.1, 0.15) is 44.9 Å². The third kappa shape index (κ3) is 1.77. The molecule has 5 aliphatic rings. The second-order valence-electron chi connectivity index (χ2n) is 7.98. The molecular formula is C15H22N6O. The summed E-state index contributed by atoms with van der Waals surface area (Å²) in [5.41, 5.74) is -0.0764. The SMILES string of the molecule is O=C(NC12C[C@H]3C[C@@H](C1)CC(n1ncnn1)(C3)C2)[C@H]1CCN1. The highest BCUT2D eigenvalue weighted by Gasteiger charge is 2.60. The van der Waals surface area contributed by atoms with E-state index < -0.39 is 0 Å². The average Bonchev–Trinajstić information content (AvgIpc) is 2.87. The van der Waals surface area contributed by atoms with E-state index in [1.54, 1.807) is 0 Å². The predicted molar refractivity (Wildman–Crippen MR) is 77.8 cm³/mol. The third-order valence-corrected chi connectivity index (χ3v) is 6.33. The first-order chi connectivity index (χ1) is 10.7. The largest absolute Gasteiger partial charge is 0.349 e. The van der Waals surface area contributed by atoms with Crippen LogP contribution < -0.4 is 10.6 Å². The fourth-order valence-electron chi connectivity index (χ4n) is 5.84. The van der Waals surface area contributed by atoms with E-state index in [9.17, 15) is 4.79 Å². The van der Waals surface area contributed by atoms with Gasteiger partial charge in [0.25, 0.3) is 0 Å². The van der Waals surface area contributed by atoms with Crippen molar-refractivity contribution in [2.45, 2.75) is 62.1 Å². The van der Waals surface area contributed by atoms with Crippen molar-refractivity contribution >= 4 is 5.91 Å². The van der Waals surface area contributed by atoms with Crippen LogP contribution in [0.15, 0.2) is 6.33 Å². The molecule has 5 atom stereocenters. The van der Waals surface area contributed by atoms with Gasteiger partial charge in [-0.3, -0.25) is 4.79 Å². The maximum Gasteiger partial charge on any atom is 0.237 e. The molecule has 1 aromatic heterocycles. The van der Waals surface area contributed by atoms with Gasteiger partial charge in [-0.1, -0.05) is 0 Å². The van der Waals surface area contributed by atoms with Gasteiger partial charge in [-0.2, -0.15) is 4.80 Å². The molecule has 22 heavy (non-hydrogen) atoms. The zero-order valence-corrected chi connectivity index (χ0v) is 12.7. The minimum absolute atomic E-state index is 0.0217. The standard InChI is InChI=1S/C15H22N6O/c22-13(12-1-2-16-12)19-14-4-10-3-11(5-14)7-15(6-10,8-14)21-18-9-17-20-21/h9-12,16H,1-8H2,(H,19,22)/t10-,11+,12-,14?,15?/m1/s1. The van der Waals surface area contributed by atoms with Gasteiger partial charge in [0.05, 0.1) is 11.6 Å². The molecule has 6 rings (SSSR count). The summed E-state index contributed by atoms with van der Waals surface area (Å²) in [5.74, 6) is 1.55. The summed E-state index contributed by atoms with van der Waals surface area (Å²) in [5, 5.41) is 19.1. The molecule has 0 radical (unpaired) electrons. The van der Waals surface area contributed by atoms with Crippen LogP contribution in [-0.4, -0.2) is 44.2 Å². The molecule has 4 bridgehead atoms. The third-order valence-electron chi connectivity index (χ3n) is 6.33. The van der Waals surface area contributed by atoms with Gasteiger partial charge >= 0.3 is 0 Å². The van der Waals surface area contributed by atoms with Gasteiger partial charge in [0.1, 0.15) is 0 Å². The van der Waals surface area contributed by atoms with E-state index in [2.05, 4.69) is 26.0 Å². The summed E-state index contributed by atoms with van der Waals surface area (Å²) in [6.07, 6.45) is 9.28. The van der Waals surface area contributed by atoms with E-state index in [4.69, 9.17) is 0 Å². The zero-order valence-electron chi connectivity index (χ0n) is 12.7. The van der Waals surface area contributed by atoms with Gasteiger partial charge in [-0.05, 0) is 68.5 Å². The molecule has 118 valence electrons. The predicted octanol–water partition coefficient (Wildman–Crippen LogP) is 0.199. The normalized spacial score (nSPS) is 45.5. The molecule has 2 heterocycles. The fourth-order valence-corrected chi connectivity index (χ4v) is 5.84. The Morgan fingerprint density at radius 2 is 2.05 bits per heavy atom. The summed E-state index contributed by atoms with van der Waals surface area (Å²) in [7, 11) is 0. The molecule has 2 N–H and O–H groups in total. The molecule has 1 amide bonds. The van der Waals surface area contributed by atoms with Crippen molar-refractivity contribution in [1.82, 2.24) is 30.8 Å². The van der Waals surface area contributed by atoms with Crippen LogP contribution in [0.25, 0.3) is 0 Å². The molecule has 0 aromatic carbocycles.